The molecule has 1 heterocycles. The molecule has 2 rings (SSSR count). The van der Waals surface area contributed by atoms with Crippen LogP contribution < -0.4 is 10.5 Å². The molecule has 0 unspecified atom stereocenters. The summed E-state index contributed by atoms with van der Waals surface area (Å²) in [5.41, 5.74) is 9.48. The first-order valence-corrected chi connectivity index (χ1v) is 6.40. The first kappa shape index (κ1) is 13.5. The fourth-order valence-electron chi connectivity index (χ4n) is 1.98. The number of hydrogen-bond donors (Lipinski definition) is 1. The highest BCUT2D eigenvalue weighted by atomic mass is 32.1. The summed E-state index contributed by atoms with van der Waals surface area (Å²) in [6.07, 6.45) is 0. The van der Waals surface area contributed by atoms with E-state index < -0.39 is 0 Å². The molecule has 0 aliphatic rings. The van der Waals surface area contributed by atoms with Gasteiger partial charge in [-0.25, -0.2) is 4.68 Å². The Hall–Kier alpha value is -1.88. The smallest absolute Gasteiger partial charge is 0.228 e. The Labute approximate surface area is 118 Å². The van der Waals surface area contributed by atoms with Gasteiger partial charge in [-0.05, 0) is 38.0 Å². The van der Waals surface area contributed by atoms with Crippen molar-refractivity contribution in [3.8, 4) is 11.6 Å². The van der Waals surface area contributed by atoms with Crippen LogP contribution in [0, 0.1) is 20.8 Å². The van der Waals surface area contributed by atoms with Gasteiger partial charge in [-0.2, -0.15) is 5.10 Å². The summed E-state index contributed by atoms with van der Waals surface area (Å²) in [6.45, 7) is 5.93. The van der Waals surface area contributed by atoms with Crippen molar-refractivity contribution < 1.29 is 4.74 Å². The minimum Gasteiger partial charge on any atom is -0.438 e. The molecule has 0 radical (unpaired) electrons. The molecule has 0 aliphatic heterocycles. The molecule has 0 amide bonds. The fraction of sp³-hybridized carbons (Fsp3) is 0.286. The van der Waals surface area contributed by atoms with Crippen LogP contribution in [-0.2, 0) is 7.05 Å². The van der Waals surface area contributed by atoms with Crippen LogP contribution in [0.15, 0.2) is 18.2 Å². The summed E-state index contributed by atoms with van der Waals surface area (Å²) in [7, 11) is 1.81. The lowest BCUT2D eigenvalue weighted by atomic mass is 10.1. The predicted octanol–water partition coefficient (Wildman–Crippen LogP) is 2.77. The number of thiocarbonyl (C=S) groups is 1. The van der Waals surface area contributed by atoms with Crippen molar-refractivity contribution in [1.29, 1.82) is 0 Å². The van der Waals surface area contributed by atoms with E-state index >= 15 is 0 Å². The van der Waals surface area contributed by atoms with Crippen LogP contribution in [0.1, 0.15) is 22.4 Å². The van der Waals surface area contributed by atoms with Crippen LogP contribution in [0.2, 0.25) is 0 Å². The number of benzene rings is 1. The molecular formula is C14H17N3OS. The van der Waals surface area contributed by atoms with E-state index in [0.29, 0.717) is 16.4 Å². The van der Waals surface area contributed by atoms with Crippen molar-refractivity contribution in [3.05, 3.63) is 40.6 Å². The fourth-order valence-corrected chi connectivity index (χ4v) is 2.21. The monoisotopic (exact) mass is 275 g/mol. The summed E-state index contributed by atoms with van der Waals surface area (Å²) in [4.78, 5) is 0.297. The molecule has 100 valence electrons. The molecule has 4 nitrogen and oxygen atoms in total. The van der Waals surface area contributed by atoms with E-state index in [9.17, 15) is 0 Å². The normalized spacial score (nSPS) is 10.5. The first-order valence-electron chi connectivity index (χ1n) is 5.99. The maximum absolute atomic E-state index is 5.97. The van der Waals surface area contributed by atoms with Crippen molar-refractivity contribution in [2.75, 3.05) is 0 Å². The van der Waals surface area contributed by atoms with Crippen molar-refractivity contribution in [1.82, 2.24) is 9.78 Å². The number of hydrogen-bond acceptors (Lipinski definition) is 3. The molecule has 0 fully saturated rings. The topological polar surface area (TPSA) is 53.1 Å². The second kappa shape index (κ2) is 5.01. The van der Waals surface area contributed by atoms with Crippen LogP contribution in [0.5, 0.6) is 11.6 Å². The van der Waals surface area contributed by atoms with Gasteiger partial charge in [0.15, 0.2) is 0 Å². The third-order valence-electron chi connectivity index (χ3n) is 3.18. The standard InChI is InChI=1S/C14H17N3OS/c1-8-6-5-7-11(9(8)2)18-14-12(13(15)19)10(3)16-17(14)4/h5-7H,1-4H3,(H2,15,19). The van der Waals surface area contributed by atoms with Crippen LogP contribution >= 0.6 is 12.2 Å². The van der Waals surface area contributed by atoms with E-state index in [1.165, 1.54) is 5.56 Å². The lowest BCUT2D eigenvalue weighted by molar-refractivity contribution is 0.427. The van der Waals surface area contributed by atoms with Gasteiger partial charge in [0.1, 0.15) is 10.7 Å². The van der Waals surface area contributed by atoms with Crippen LogP contribution in [-0.4, -0.2) is 14.8 Å². The van der Waals surface area contributed by atoms with Gasteiger partial charge in [-0.3, -0.25) is 0 Å². The summed E-state index contributed by atoms with van der Waals surface area (Å²) >= 11 is 5.07. The Morgan fingerprint density at radius 2 is 2.00 bits per heavy atom. The van der Waals surface area contributed by atoms with Gasteiger partial charge in [-0.15, -0.1) is 0 Å². The van der Waals surface area contributed by atoms with E-state index in [1.807, 2.05) is 46.0 Å². The maximum Gasteiger partial charge on any atom is 0.228 e. The number of aromatic nitrogens is 2. The lowest BCUT2D eigenvalue weighted by Gasteiger charge is -2.11. The SMILES string of the molecule is Cc1cccc(Oc2c(C(N)=S)c(C)nn2C)c1C. The minimum atomic E-state index is 0.297. The average molecular weight is 275 g/mol. The van der Waals surface area contributed by atoms with Gasteiger partial charge in [0, 0.05) is 7.05 Å². The van der Waals surface area contributed by atoms with Crippen molar-refractivity contribution >= 4 is 17.2 Å². The average Bonchev–Trinajstić information content (AvgIpc) is 2.60. The zero-order chi connectivity index (χ0) is 14.2. The number of nitrogens with two attached hydrogens (primary N) is 1. The Bertz CT molecular complexity index is 646. The van der Waals surface area contributed by atoms with Crippen LogP contribution in [0.4, 0.5) is 0 Å². The molecule has 0 saturated heterocycles. The number of aryl methyl sites for hydroxylation is 3. The third-order valence-corrected chi connectivity index (χ3v) is 3.38. The molecule has 0 saturated carbocycles. The lowest BCUT2D eigenvalue weighted by Crippen LogP contribution is -2.11. The Kier molecular flexibility index (Phi) is 3.57. The highest BCUT2D eigenvalue weighted by molar-refractivity contribution is 7.80. The van der Waals surface area contributed by atoms with E-state index in [1.54, 1.807) is 4.68 Å². The largest absolute Gasteiger partial charge is 0.438 e. The molecule has 0 atom stereocenters. The molecule has 1 aromatic carbocycles. The molecule has 1 aromatic heterocycles. The Morgan fingerprint density at radius 1 is 1.32 bits per heavy atom. The number of ether oxygens (including phenoxy) is 1. The van der Waals surface area contributed by atoms with Gasteiger partial charge < -0.3 is 10.5 Å². The molecule has 0 spiro atoms. The summed E-state index contributed by atoms with van der Waals surface area (Å²) < 4.78 is 7.63. The third kappa shape index (κ3) is 2.46. The van der Waals surface area contributed by atoms with Crippen molar-refractivity contribution in [3.63, 3.8) is 0 Å². The molecule has 2 aromatic rings. The molecule has 2 N–H and O–H groups in total. The predicted molar refractivity (Wildman–Crippen MR) is 79.8 cm³/mol. The number of rotatable bonds is 3. The van der Waals surface area contributed by atoms with E-state index in [4.69, 9.17) is 22.7 Å². The van der Waals surface area contributed by atoms with Gasteiger partial charge >= 0.3 is 0 Å². The second-order valence-corrected chi connectivity index (χ2v) is 4.99. The zero-order valence-corrected chi connectivity index (χ0v) is 12.3. The molecule has 19 heavy (non-hydrogen) atoms. The van der Waals surface area contributed by atoms with Crippen molar-refractivity contribution in [2.45, 2.75) is 20.8 Å². The van der Waals surface area contributed by atoms with Crippen molar-refractivity contribution in [2.24, 2.45) is 12.8 Å². The first-order chi connectivity index (χ1) is 8.91. The van der Waals surface area contributed by atoms with Crippen LogP contribution in [0.25, 0.3) is 0 Å². The Morgan fingerprint density at radius 3 is 2.63 bits per heavy atom. The van der Waals surface area contributed by atoms with Crippen LogP contribution in [0.3, 0.4) is 0 Å². The van der Waals surface area contributed by atoms with Gasteiger partial charge in [0.05, 0.1) is 11.3 Å². The van der Waals surface area contributed by atoms with E-state index in [0.717, 1.165) is 17.0 Å². The van der Waals surface area contributed by atoms with Gasteiger partial charge in [0.2, 0.25) is 5.88 Å². The second-order valence-electron chi connectivity index (χ2n) is 4.55. The Balaban J connectivity index is 2.49. The number of nitrogens with zero attached hydrogens (tertiary/aromatic N) is 2. The minimum absolute atomic E-state index is 0.297. The van der Waals surface area contributed by atoms with Gasteiger partial charge in [-0.1, -0.05) is 24.4 Å². The highest BCUT2D eigenvalue weighted by Gasteiger charge is 2.18. The summed E-state index contributed by atoms with van der Waals surface area (Å²) in [6, 6.07) is 5.93. The molecule has 0 aliphatic carbocycles. The molecule has 5 heteroatoms. The summed E-state index contributed by atoms with van der Waals surface area (Å²) in [5.74, 6) is 1.37. The maximum atomic E-state index is 5.97. The molecular weight excluding hydrogens is 258 g/mol. The van der Waals surface area contributed by atoms with E-state index in [-0.39, 0.29) is 0 Å². The quantitative estimate of drug-likeness (QED) is 0.875. The molecule has 0 bridgehead atoms. The highest BCUT2D eigenvalue weighted by Crippen LogP contribution is 2.30. The zero-order valence-electron chi connectivity index (χ0n) is 11.5. The van der Waals surface area contributed by atoms with Gasteiger partial charge in [0.25, 0.3) is 0 Å². The summed E-state index contributed by atoms with van der Waals surface area (Å²) in [5, 5.41) is 4.30. The van der Waals surface area contributed by atoms with E-state index in [2.05, 4.69) is 5.10 Å².